The van der Waals surface area contributed by atoms with Crippen LogP contribution in [0.25, 0.3) is 0 Å². The van der Waals surface area contributed by atoms with Gasteiger partial charge in [0.1, 0.15) is 10.7 Å². The molecule has 6 nitrogen and oxygen atoms in total. The molecule has 8 heteroatoms. The van der Waals surface area contributed by atoms with E-state index in [9.17, 15) is 12.8 Å². The van der Waals surface area contributed by atoms with Crippen LogP contribution >= 0.6 is 0 Å². The number of aryl methyl sites for hydroxylation is 1. The van der Waals surface area contributed by atoms with Gasteiger partial charge in [-0.3, -0.25) is 0 Å². The van der Waals surface area contributed by atoms with Gasteiger partial charge in [-0.1, -0.05) is 0 Å². The van der Waals surface area contributed by atoms with Crippen molar-refractivity contribution in [3.63, 3.8) is 0 Å². The zero-order valence-electron chi connectivity index (χ0n) is 10.7. The summed E-state index contributed by atoms with van der Waals surface area (Å²) in [7, 11) is -3.72. The number of anilines is 1. The Bertz CT molecular complexity index is 671. The molecule has 0 saturated heterocycles. The molecule has 2 aromatic rings. The van der Waals surface area contributed by atoms with E-state index < -0.39 is 15.8 Å². The third-order valence-corrected chi connectivity index (χ3v) is 4.24. The fraction of sp³-hybridized carbons (Fsp3) is 0.250. The molecule has 0 radical (unpaired) electrons. The van der Waals surface area contributed by atoms with Crippen LogP contribution in [0.4, 0.5) is 10.1 Å². The fourth-order valence-electron chi connectivity index (χ4n) is 1.73. The molecule has 2 rings (SSSR count). The minimum atomic E-state index is -3.72. The molecule has 1 aromatic heterocycles. The van der Waals surface area contributed by atoms with Crippen molar-refractivity contribution in [2.45, 2.75) is 17.9 Å². The first kappa shape index (κ1) is 14.5. The molecule has 108 valence electrons. The van der Waals surface area contributed by atoms with Crippen molar-refractivity contribution in [3.05, 3.63) is 42.7 Å². The van der Waals surface area contributed by atoms with Crippen LogP contribution in [-0.2, 0) is 16.6 Å². The Kier molecular flexibility index (Phi) is 4.35. The van der Waals surface area contributed by atoms with Gasteiger partial charge in [0, 0.05) is 25.5 Å². The highest BCUT2D eigenvalue weighted by atomic mass is 32.2. The maximum absolute atomic E-state index is 12.9. The summed E-state index contributed by atoms with van der Waals surface area (Å²) in [6.07, 6.45) is 5.72. The van der Waals surface area contributed by atoms with Crippen molar-refractivity contribution < 1.29 is 12.8 Å². The van der Waals surface area contributed by atoms with Crippen molar-refractivity contribution in [2.75, 3.05) is 12.3 Å². The van der Waals surface area contributed by atoms with Gasteiger partial charge in [-0.25, -0.2) is 22.5 Å². The quantitative estimate of drug-likeness (QED) is 0.614. The molecule has 0 bridgehead atoms. The Morgan fingerprint density at radius 2 is 2.20 bits per heavy atom. The first-order chi connectivity index (χ1) is 9.49. The number of aromatic nitrogens is 2. The number of nitrogens with two attached hydrogens (primary N) is 1. The van der Waals surface area contributed by atoms with Crippen molar-refractivity contribution in [1.29, 1.82) is 0 Å². The van der Waals surface area contributed by atoms with E-state index in [0.717, 1.165) is 18.2 Å². The van der Waals surface area contributed by atoms with Crippen LogP contribution in [0.3, 0.4) is 0 Å². The molecule has 0 aliphatic rings. The van der Waals surface area contributed by atoms with Crippen molar-refractivity contribution in [1.82, 2.24) is 14.3 Å². The topological polar surface area (TPSA) is 90.0 Å². The van der Waals surface area contributed by atoms with Crippen LogP contribution < -0.4 is 10.5 Å². The van der Waals surface area contributed by atoms with Crippen LogP contribution in [0.15, 0.2) is 41.8 Å². The number of sulfonamides is 1. The summed E-state index contributed by atoms with van der Waals surface area (Å²) in [6.45, 7) is 0.915. The van der Waals surface area contributed by atoms with Crippen molar-refractivity contribution >= 4 is 15.7 Å². The number of nitrogens with one attached hydrogen (secondary N) is 1. The second-order valence-corrected chi connectivity index (χ2v) is 5.97. The molecule has 0 spiro atoms. The monoisotopic (exact) mass is 298 g/mol. The van der Waals surface area contributed by atoms with E-state index in [1.54, 1.807) is 18.7 Å². The smallest absolute Gasteiger partial charge is 0.242 e. The van der Waals surface area contributed by atoms with Gasteiger partial charge in [-0.2, -0.15) is 0 Å². The molecule has 1 aromatic carbocycles. The molecule has 3 N–H and O–H groups in total. The summed E-state index contributed by atoms with van der Waals surface area (Å²) in [5.74, 6) is -0.568. The number of nitrogens with zero attached hydrogens (tertiary/aromatic N) is 2. The predicted molar refractivity (Wildman–Crippen MR) is 72.8 cm³/mol. The molecule has 0 unspecified atom stereocenters. The lowest BCUT2D eigenvalue weighted by Crippen LogP contribution is -2.26. The van der Waals surface area contributed by atoms with Crippen LogP contribution in [0.5, 0.6) is 0 Å². The van der Waals surface area contributed by atoms with E-state index in [-0.39, 0.29) is 17.1 Å². The zero-order valence-corrected chi connectivity index (χ0v) is 11.5. The molecule has 0 amide bonds. The minimum absolute atomic E-state index is 0.105. The van der Waals surface area contributed by atoms with Gasteiger partial charge in [0.05, 0.1) is 12.0 Å². The van der Waals surface area contributed by atoms with Crippen LogP contribution in [0.2, 0.25) is 0 Å². The van der Waals surface area contributed by atoms with Gasteiger partial charge >= 0.3 is 0 Å². The maximum atomic E-state index is 12.9. The third-order valence-electron chi connectivity index (χ3n) is 2.71. The lowest BCUT2D eigenvalue weighted by atomic mass is 10.3. The maximum Gasteiger partial charge on any atom is 0.242 e. The van der Waals surface area contributed by atoms with E-state index in [0.29, 0.717) is 13.0 Å². The normalized spacial score (nSPS) is 11.7. The van der Waals surface area contributed by atoms with E-state index in [1.807, 2.05) is 4.57 Å². The Morgan fingerprint density at radius 1 is 1.40 bits per heavy atom. The van der Waals surface area contributed by atoms with Gasteiger partial charge in [-0.15, -0.1) is 0 Å². The highest BCUT2D eigenvalue weighted by Crippen LogP contribution is 2.18. The number of hydrogen-bond donors (Lipinski definition) is 2. The fourth-order valence-corrected chi connectivity index (χ4v) is 2.91. The van der Waals surface area contributed by atoms with E-state index in [1.165, 1.54) is 0 Å². The van der Waals surface area contributed by atoms with E-state index in [2.05, 4.69) is 9.71 Å². The molecular formula is C12H15FN4O2S. The summed E-state index contributed by atoms with van der Waals surface area (Å²) in [5, 5.41) is 0. The van der Waals surface area contributed by atoms with Gasteiger partial charge in [0.25, 0.3) is 0 Å². The lowest BCUT2D eigenvalue weighted by Gasteiger charge is -2.09. The summed E-state index contributed by atoms with van der Waals surface area (Å²) < 4.78 is 41.2. The van der Waals surface area contributed by atoms with E-state index >= 15 is 0 Å². The summed E-state index contributed by atoms with van der Waals surface area (Å²) in [5.41, 5.74) is 5.41. The van der Waals surface area contributed by atoms with Gasteiger partial charge in [0.15, 0.2) is 0 Å². The largest absolute Gasteiger partial charge is 0.398 e. The number of imidazole rings is 1. The van der Waals surface area contributed by atoms with Crippen LogP contribution in [0.1, 0.15) is 6.42 Å². The number of hydrogen-bond acceptors (Lipinski definition) is 4. The first-order valence-corrected chi connectivity index (χ1v) is 7.48. The molecule has 0 aliphatic carbocycles. The van der Waals surface area contributed by atoms with Gasteiger partial charge in [-0.05, 0) is 24.6 Å². The Balaban J connectivity index is 1.93. The summed E-state index contributed by atoms with van der Waals surface area (Å²) >= 11 is 0. The average molecular weight is 298 g/mol. The Morgan fingerprint density at radius 3 is 2.85 bits per heavy atom. The predicted octanol–water partition coefficient (Wildman–Crippen LogP) is 0.973. The molecule has 1 heterocycles. The molecule has 0 saturated carbocycles. The number of benzene rings is 1. The number of nitrogen functional groups attached to an aromatic ring is 1. The Hall–Kier alpha value is -1.93. The first-order valence-electron chi connectivity index (χ1n) is 5.99. The second kappa shape index (κ2) is 6.02. The Labute approximate surface area is 116 Å². The van der Waals surface area contributed by atoms with Crippen molar-refractivity contribution in [2.24, 2.45) is 0 Å². The second-order valence-electron chi connectivity index (χ2n) is 4.23. The third kappa shape index (κ3) is 3.55. The van der Waals surface area contributed by atoms with Crippen LogP contribution in [0, 0.1) is 5.82 Å². The zero-order chi connectivity index (χ0) is 14.6. The molecule has 20 heavy (non-hydrogen) atoms. The lowest BCUT2D eigenvalue weighted by molar-refractivity contribution is 0.569. The standard InChI is InChI=1S/C12H15FN4O2S/c13-10-2-3-12(11(14)8-10)20(18,19)16-4-1-6-17-7-5-15-9-17/h2-3,5,7-9,16H,1,4,6,14H2. The highest BCUT2D eigenvalue weighted by molar-refractivity contribution is 7.89. The number of halogens is 1. The molecular weight excluding hydrogens is 283 g/mol. The van der Waals surface area contributed by atoms with Crippen molar-refractivity contribution in [3.8, 4) is 0 Å². The van der Waals surface area contributed by atoms with Gasteiger partial charge < -0.3 is 10.3 Å². The molecule has 0 atom stereocenters. The molecule has 0 fully saturated rings. The van der Waals surface area contributed by atoms with Gasteiger partial charge in [0.2, 0.25) is 10.0 Å². The summed E-state index contributed by atoms with van der Waals surface area (Å²) in [6, 6.07) is 3.21. The average Bonchev–Trinajstić information content (AvgIpc) is 2.87. The molecule has 0 aliphatic heterocycles. The number of rotatable bonds is 6. The van der Waals surface area contributed by atoms with Crippen LogP contribution in [-0.4, -0.2) is 24.5 Å². The summed E-state index contributed by atoms with van der Waals surface area (Å²) in [4.78, 5) is 3.78. The SMILES string of the molecule is Nc1cc(F)ccc1S(=O)(=O)NCCCn1ccnc1. The highest BCUT2D eigenvalue weighted by Gasteiger charge is 2.16. The van der Waals surface area contributed by atoms with E-state index in [4.69, 9.17) is 5.73 Å². The minimum Gasteiger partial charge on any atom is -0.398 e.